The summed E-state index contributed by atoms with van der Waals surface area (Å²) in [5.41, 5.74) is 0. The fourth-order valence-electron chi connectivity index (χ4n) is 2.46. The van der Waals surface area contributed by atoms with Crippen molar-refractivity contribution in [3.8, 4) is 0 Å². The van der Waals surface area contributed by atoms with Crippen LogP contribution in [-0.2, 0) is 18.4 Å². The van der Waals surface area contributed by atoms with E-state index < -0.39 is 27.1 Å². The largest absolute Gasteiger partial charge is 0.472 e. The number of nitrogens with one attached hydrogen (secondary N) is 1. The zero-order valence-corrected chi connectivity index (χ0v) is 21.2. The van der Waals surface area contributed by atoms with E-state index in [9.17, 15) is 14.3 Å². The van der Waals surface area contributed by atoms with Crippen LogP contribution in [0.25, 0.3) is 0 Å². The van der Waals surface area contributed by atoms with Crippen molar-refractivity contribution in [2.45, 2.75) is 64.4 Å². The summed E-state index contributed by atoms with van der Waals surface area (Å²) in [5.74, 6) is -0.166. The van der Waals surface area contributed by atoms with Crippen LogP contribution in [0, 0.1) is 0 Å². The molecule has 0 aromatic carbocycles. The summed E-state index contributed by atoms with van der Waals surface area (Å²) in [7, 11) is -4.32. The summed E-state index contributed by atoms with van der Waals surface area (Å²) in [5, 5.41) is 20.3. The molecule has 0 fully saturated rings. The van der Waals surface area contributed by atoms with Gasteiger partial charge in [0, 0.05) is 13.0 Å². The molecule has 34 heavy (non-hydrogen) atoms. The Morgan fingerprint density at radius 1 is 0.912 bits per heavy atom. The highest BCUT2D eigenvalue weighted by atomic mass is 31.2. The van der Waals surface area contributed by atoms with Gasteiger partial charge in [-0.3, -0.25) is 13.8 Å². The summed E-state index contributed by atoms with van der Waals surface area (Å²) in [6, 6.07) is 0. The Morgan fingerprint density at radius 2 is 1.44 bits per heavy atom. The molecular formula is C25H42NO7P. The van der Waals surface area contributed by atoms with Gasteiger partial charge in [-0.1, -0.05) is 67.7 Å². The number of unbranched alkanes of at least 4 members (excludes halogenated alkanes) is 1. The first-order valence-electron chi connectivity index (χ1n) is 11.8. The van der Waals surface area contributed by atoms with Crippen molar-refractivity contribution in [2.75, 3.05) is 26.4 Å². The van der Waals surface area contributed by atoms with Gasteiger partial charge in [0.15, 0.2) is 0 Å². The van der Waals surface area contributed by atoms with Gasteiger partial charge in [-0.05, 0) is 44.9 Å². The highest BCUT2D eigenvalue weighted by Gasteiger charge is 2.22. The third-order valence-corrected chi connectivity index (χ3v) is 5.24. The molecule has 2 atom stereocenters. The Morgan fingerprint density at radius 3 is 1.97 bits per heavy atom. The van der Waals surface area contributed by atoms with Crippen molar-refractivity contribution in [1.29, 1.82) is 0 Å². The topological polar surface area (TPSA) is 125 Å². The zero-order chi connectivity index (χ0) is 25.3. The Hall–Kier alpha value is -1.80. The van der Waals surface area contributed by atoms with Gasteiger partial charge in [0.25, 0.3) is 0 Å². The summed E-state index contributed by atoms with van der Waals surface area (Å²) in [6.07, 6.45) is 26.8. The third-order valence-electron chi connectivity index (χ3n) is 4.25. The van der Waals surface area contributed by atoms with Crippen LogP contribution in [0.5, 0.6) is 0 Å². The molecule has 0 aromatic rings. The van der Waals surface area contributed by atoms with Gasteiger partial charge in [-0.25, -0.2) is 4.57 Å². The third kappa shape index (κ3) is 23.4. The maximum atomic E-state index is 11.7. The second kappa shape index (κ2) is 23.0. The lowest BCUT2D eigenvalue weighted by Gasteiger charge is -2.14. The predicted octanol–water partition coefficient (Wildman–Crippen LogP) is 4.51. The molecule has 0 saturated heterocycles. The van der Waals surface area contributed by atoms with Gasteiger partial charge in [-0.15, -0.1) is 0 Å². The monoisotopic (exact) mass is 499 g/mol. The van der Waals surface area contributed by atoms with E-state index in [-0.39, 0.29) is 19.1 Å². The zero-order valence-electron chi connectivity index (χ0n) is 20.3. The number of hydrogen-bond donors (Lipinski definition) is 4. The average Bonchev–Trinajstić information content (AvgIpc) is 2.82. The maximum absolute atomic E-state index is 11.7. The molecular weight excluding hydrogens is 457 g/mol. The number of rotatable bonds is 21. The molecule has 1 amide bonds. The number of aliphatic hydroxyl groups excluding tert-OH is 2. The molecule has 4 N–H and O–H groups in total. The quantitative estimate of drug-likeness (QED) is 0.104. The molecule has 2 unspecified atom stereocenters. The summed E-state index contributed by atoms with van der Waals surface area (Å²) in [6.45, 7) is 0.884. The molecule has 0 spiro atoms. The Labute approximate surface area is 204 Å². The van der Waals surface area contributed by atoms with Gasteiger partial charge in [0.2, 0.25) is 5.91 Å². The molecule has 0 saturated carbocycles. The van der Waals surface area contributed by atoms with Crippen LogP contribution >= 0.6 is 7.82 Å². The number of carbonyl (C=O) groups is 1. The standard InChI is InChI=1S/C25H42NO7P/c1-2-3-4-5-6-7-8-9-10-11-12-13-14-15-16-17-18-19-25(29)26-20-21-32-34(30,31)33-23-24(28)22-27/h3-4,6-7,9-10,12-13,15-16,24,27-28H,2,5,8,11,14,17-23H2,1H3,(H,26,29)(H,30,31). The van der Waals surface area contributed by atoms with Crippen LogP contribution in [0.2, 0.25) is 0 Å². The summed E-state index contributed by atoms with van der Waals surface area (Å²) < 4.78 is 20.7. The molecule has 0 aliphatic carbocycles. The Balaban J connectivity index is 3.66. The van der Waals surface area contributed by atoms with Gasteiger partial charge in [0.1, 0.15) is 6.10 Å². The van der Waals surface area contributed by atoms with E-state index in [4.69, 9.17) is 10.2 Å². The molecule has 0 radical (unpaired) electrons. The number of hydrogen-bond acceptors (Lipinski definition) is 6. The van der Waals surface area contributed by atoms with E-state index in [1.807, 2.05) is 0 Å². The van der Waals surface area contributed by atoms with E-state index in [2.05, 4.69) is 82.0 Å². The van der Waals surface area contributed by atoms with E-state index in [0.29, 0.717) is 12.8 Å². The summed E-state index contributed by atoms with van der Waals surface area (Å²) in [4.78, 5) is 21.1. The van der Waals surface area contributed by atoms with Crippen LogP contribution in [0.1, 0.15) is 58.3 Å². The lowest BCUT2D eigenvalue weighted by molar-refractivity contribution is -0.121. The summed E-state index contributed by atoms with van der Waals surface area (Å²) >= 11 is 0. The molecule has 0 aliphatic rings. The van der Waals surface area contributed by atoms with E-state index in [0.717, 1.165) is 38.5 Å². The minimum Gasteiger partial charge on any atom is -0.394 e. The minimum absolute atomic E-state index is 0.0664. The number of carbonyl (C=O) groups excluding carboxylic acids is 1. The highest BCUT2D eigenvalue weighted by molar-refractivity contribution is 7.47. The second-order valence-electron chi connectivity index (χ2n) is 7.38. The Bertz CT molecular complexity index is 701. The second-order valence-corrected chi connectivity index (χ2v) is 8.84. The molecule has 0 rings (SSSR count). The SMILES string of the molecule is CCC=CCC=CCC=CCC=CCC=CCCCC(=O)NCCOP(=O)(O)OCC(O)CO. The fourth-order valence-corrected chi connectivity index (χ4v) is 3.22. The number of allylic oxidation sites excluding steroid dienone is 10. The molecule has 9 heteroatoms. The Kier molecular flexibility index (Phi) is 21.8. The molecule has 0 heterocycles. The smallest absolute Gasteiger partial charge is 0.394 e. The number of phosphoric ester groups is 1. The van der Waals surface area contributed by atoms with Crippen molar-refractivity contribution < 1.29 is 33.5 Å². The van der Waals surface area contributed by atoms with Crippen LogP contribution in [-0.4, -0.2) is 53.5 Å². The first-order valence-corrected chi connectivity index (χ1v) is 13.3. The van der Waals surface area contributed by atoms with E-state index in [1.165, 1.54) is 0 Å². The number of phosphoric acid groups is 1. The fraction of sp³-hybridized carbons (Fsp3) is 0.560. The average molecular weight is 500 g/mol. The van der Waals surface area contributed by atoms with Crippen molar-refractivity contribution in [3.63, 3.8) is 0 Å². The lowest BCUT2D eigenvalue weighted by atomic mass is 10.2. The molecule has 194 valence electrons. The van der Waals surface area contributed by atoms with Crippen molar-refractivity contribution in [3.05, 3.63) is 60.8 Å². The lowest BCUT2D eigenvalue weighted by Crippen LogP contribution is -2.27. The van der Waals surface area contributed by atoms with Gasteiger partial charge < -0.3 is 20.4 Å². The van der Waals surface area contributed by atoms with E-state index in [1.54, 1.807) is 0 Å². The van der Waals surface area contributed by atoms with Gasteiger partial charge in [0.05, 0.1) is 19.8 Å². The van der Waals surface area contributed by atoms with Crippen LogP contribution in [0.3, 0.4) is 0 Å². The van der Waals surface area contributed by atoms with Crippen molar-refractivity contribution in [2.24, 2.45) is 0 Å². The van der Waals surface area contributed by atoms with Crippen molar-refractivity contribution >= 4 is 13.7 Å². The van der Waals surface area contributed by atoms with Crippen LogP contribution < -0.4 is 5.32 Å². The normalized spacial score (nSPS) is 15.3. The van der Waals surface area contributed by atoms with Crippen LogP contribution in [0.15, 0.2) is 60.8 Å². The minimum atomic E-state index is -4.32. The van der Waals surface area contributed by atoms with Gasteiger partial charge in [-0.2, -0.15) is 0 Å². The first kappa shape index (κ1) is 32.2. The molecule has 0 aliphatic heterocycles. The molecule has 8 nitrogen and oxygen atoms in total. The number of aliphatic hydroxyl groups is 2. The maximum Gasteiger partial charge on any atom is 0.472 e. The van der Waals surface area contributed by atoms with Crippen molar-refractivity contribution in [1.82, 2.24) is 5.32 Å². The van der Waals surface area contributed by atoms with Crippen LogP contribution in [0.4, 0.5) is 0 Å². The molecule has 0 aromatic heterocycles. The first-order chi connectivity index (χ1) is 16.4. The highest BCUT2D eigenvalue weighted by Crippen LogP contribution is 2.42. The van der Waals surface area contributed by atoms with E-state index >= 15 is 0 Å². The molecule has 0 bridgehead atoms. The predicted molar refractivity (Wildman–Crippen MR) is 136 cm³/mol. The van der Waals surface area contributed by atoms with Gasteiger partial charge >= 0.3 is 7.82 Å². The number of amides is 1.